The summed E-state index contributed by atoms with van der Waals surface area (Å²) < 4.78 is 5.86. The summed E-state index contributed by atoms with van der Waals surface area (Å²) in [6.07, 6.45) is 4.06. The molecule has 13 heavy (non-hydrogen) atoms. The third-order valence-corrected chi connectivity index (χ3v) is 3.81. The van der Waals surface area contributed by atoms with Gasteiger partial charge in [-0.05, 0) is 38.5 Å². The molecule has 0 aromatic heterocycles. The van der Waals surface area contributed by atoms with Crippen molar-refractivity contribution in [3.8, 4) is 0 Å². The summed E-state index contributed by atoms with van der Waals surface area (Å²) in [7, 11) is 0. The van der Waals surface area contributed by atoms with Crippen molar-refractivity contribution < 1.29 is 14.9 Å². The van der Waals surface area contributed by atoms with Crippen LogP contribution in [0.3, 0.4) is 0 Å². The Bertz CT molecular complexity index is 192. The molecule has 0 amide bonds. The first kappa shape index (κ1) is 9.44. The van der Waals surface area contributed by atoms with Crippen molar-refractivity contribution in [2.75, 3.05) is 13.2 Å². The van der Waals surface area contributed by atoms with Gasteiger partial charge in [0.25, 0.3) is 0 Å². The highest BCUT2D eigenvalue weighted by Crippen LogP contribution is 2.49. The monoisotopic (exact) mass is 186 g/mol. The van der Waals surface area contributed by atoms with Crippen LogP contribution in [-0.4, -0.2) is 34.6 Å². The van der Waals surface area contributed by atoms with E-state index in [-0.39, 0.29) is 18.8 Å². The number of rotatable bonds is 2. The third-order valence-electron chi connectivity index (χ3n) is 3.81. The van der Waals surface area contributed by atoms with Crippen molar-refractivity contribution in [3.05, 3.63) is 0 Å². The van der Waals surface area contributed by atoms with E-state index in [0.717, 1.165) is 25.7 Å². The van der Waals surface area contributed by atoms with Gasteiger partial charge >= 0.3 is 0 Å². The van der Waals surface area contributed by atoms with Crippen molar-refractivity contribution in [2.24, 2.45) is 5.92 Å². The van der Waals surface area contributed by atoms with E-state index in [4.69, 9.17) is 4.74 Å². The molecule has 1 aliphatic carbocycles. The average molecular weight is 186 g/mol. The van der Waals surface area contributed by atoms with Crippen molar-refractivity contribution in [1.29, 1.82) is 0 Å². The first-order chi connectivity index (χ1) is 6.14. The van der Waals surface area contributed by atoms with Crippen molar-refractivity contribution in [3.63, 3.8) is 0 Å². The highest BCUT2D eigenvalue weighted by atomic mass is 16.5. The SMILES string of the molecule is CC1(CO)OC2(CO)CCC1CC2. The molecule has 1 atom stereocenters. The Morgan fingerprint density at radius 1 is 1.23 bits per heavy atom. The van der Waals surface area contributed by atoms with E-state index in [0.29, 0.717) is 5.92 Å². The summed E-state index contributed by atoms with van der Waals surface area (Å²) in [5, 5.41) is 18.6. The molecule has 3 heteroatoms. The lowest BCUT2D eigenvalue weighted by molar-refractivity contribution is -0.267. The Morgan fingerprint density at radius 3 is 2.31 bits per heavy atom. The standard InChI is InChI=1S/C10H18O3/c1-9(6-11)8-2-4-10(7-12,13-9)5-3-8/h8,11-12H,2-7H2,1H3. The van der Waals surface area contributed by atoms with Gasteiger partial charge in [0.05, 0.1) is 24.4 Å². The highest BCUT2D eigenvalue weighted by Gasteiger charge is 2.52. The van der Waals surface area contributed by atoms with Gasteiger partial charge in [-0.2, -0.15) is 0 Å². The number of fused-ring (bicyclic) bond motifs is 3. The average Bonchev–Trinajstić information content (AvgIpc) is 2.19. The molecular weight excluding hydrogens is 168 g/mol. The fourth-order valence-corrected chi connectivity index (χ4v) is 2.79. The molecule has 0 aromatic rings. The van der Waals surface area contributed by atoms with E-state index in [2.05, 4.69) is 0 Å². The molecule has 0 radical (unpaired) electrons. The first-order valence-corrected chi connectivity index (χ1v) is 5.06. The predicted octanol–water partition coefficient (Wildman–Crippen LogP) is 0.689. The number of aliphatic hydroxyl groups excluding tert-OH is 2. The maximum Gasteiger partial charge on any atom is 0.0921 e. The molecule has 2 bridgehead atoms. The summed E-state index contributed by atoms with van der Waals surface area (Å²) in [4.78, 5) is 0. The minimum atomic E-state index is -0.404. The van der Waals surface area contributed by atoms with E-state index in [1.54, 1.807) is 0 Å². The lowest BCUT2D eigenvalue weighted by Gasteiger charge is -2.55. The van der Waals surface area contributed by atoms with Crippen LogP contribution in [0.2, 0.25) is 0 Å². The van der Waals surface area contributed by atoms with Crippen molar-refractivity contribution in [1.82, 2.24) is 0 Å². The molecule has 2 N–H and O–H groups in total. The van der Waals surface area contributed by atoms with Gasteiger partial charge in [0.15, 0.2) is 0 Å². The van der Waals surface area contributed by atoms with Crippen LogP contribution < -0.4 is 0 Å². The van der Waals surface area contributed by atoms with E-state index in [1.807, 2.05) is 6.92 Å². The summed E-state index contributed by atoms with van der Waals surface area (Å²) >= 11 is 0. The topological polar surface area (TPSA) is 49.7 Å². The summed E-state index contributed by atoms with van der Waals surface area (Å²) in [5.74, 6) is 0.478. The molecule has 1 unspecified atom stereocenters. The molecule has 0 spiro atoms. The van der Waals surface area contributed by atoms with E-state index < -0.39 is 5.60 Å². The van der Waals surface area contributed by atoms with Crippen LogP contribution in [0.5, 0.6) is 0 Å². The molecule has 2 heterocycles. The quantitative estimate of drug-likeness (QED) is 0.667. The number of aliphatic hydroxyl groups is 2. The maximum absolute atomic E-state index is 9.29. The number of hydrogen-bond acceptors (Lipinski definition) is 3. The summed E-state index contributed by atoms with van der Waals surface area (Å²) in [6, 6.07) is 0. The second-order valence-corrected chi connectivity index (χ2v) is 4.69. The Balaban J connectivity index is 2.20. The summed E-state index contributed by atoms with van der Waals surface area (Å²) in [6.45, 7) is 2.12. The summed E-state index contributed by atoms with van der Waals surface area (Å²) in [5.41, 5.74) is -0.745. The van der Waals surface area contributed by atoms with Crippen LogP contribution in [-0.2, 0) is 4.74 Å². The maximum atomic E-state index is 9.29. The minimum absolute atomic E-state index is 0.0689. The molecule has 3 rings (SSSR count). The van der Waals surface area contributed by atoms with Gasteiger partial charge < -0.3 is 14.9 Å². The molecule has 1 saturated carbocycles. The Kier molecular flexibility index (Phi) is 2.13. The van der Waals surface area contributed by atoms with E-state index in [9.17, 15) is 10.2 Å². The second kappa shape index (κ2) is 2.94. The van der Waals surface area contributed by atoms with Gasteiger partial charge in [0, 0.05) is 0 Å². The Morgan fingerprint density at radius 2 is 1.85 bits per heavy atom. The van der Waals surface area contributed by atoms with Crippen LogP contribution >= 0.6 is 0 Å². The van der Waals surface area contributed by atoms with Gasteiger partial charge in [0.2, 0.25) is 0 Å². The normalized spacial score (nSPS) is 49.6. The van der Waals surface area contributed by atoms with Crippen LogP contribution in [0.25, 0.3) is 0 Å². The molecule has 3 nitrogen and oxygen atoms in total. The molecular formula is C10H18O3. The molecule has 3 fully saturated rings. The Hall–Kier alpha value is -0.120. The van der Waals surface area contributed by atoms with E-state index >= 15 is 0 Å². The first-order valence-electron chi connectivity index (χ1n) is 5.06. The smallest absolute Gasteiger partial charge is 0.0921 e. The lowest BCUT2D eigenvalue weighted by atomic mass is 9.68. The van der Waals surface area contributed by atoms with E-state index in [1.165, 1.54) is 0 Å². The molecule has 76 valence electrons. The molecule has 0 aromatic carbocycles. The van der Waals surface area contributed by atoms with Gasteiger partial charge in [-0.3, -0.25) is 0 Å². The zero-order chi connectivity index (χ0) is 9.53. The number of hydrogen-bond donors (Lipinski definition) is 2. The zero-order valence-electron chi connectivity index (χ0n) is 8.12. The van der Waals surface area contributed by atoms with Gasteiger partial charge in [-0.1, -0.05) is 0 Å². The predicted molar refractivity (Wildman–Crippen MR) is 48.4 cm³/mol. The molecule has 2 saturated heterocycles. The van der Waals surface area contributed by atoms with Crippen LogP contribution in [0.1, 0.15) is 32.6 Å². The van der Waals surface area contributed by atoms with Crippen LogP contribution in [0.4, 0.5) is 0 Å². The fourth-order valence-electron chi connectivity index (χ4n) is 2.79. The van der Waals surface area contributed by atoms with Gasteiger partial charge in [-0.15, -0.1) is 0 Å². The van der Waals surface area contributed by atoms with Crippen molar-refractivity contribution in [2.45, 2.75) is 43.8 Å². The minimum Gasteiger partial charge on any atom is -0.393 e. The van der Waals surface area contributed by atoms with Crippen LogP contribution in [0, 0.1) is 5.92 Å². The number of ether oxygens (including phenoxy) is 1. The third kappa shape index (κ3) is 1.30. The van der Waals surface area contributed by atoms with Gasteiger partial charge in [0.1, 0.15) is 0 Å². The zero-order valence-corrected chi connectivity index (χ0v) is 8.12. The molecule has 3 aliphatic rings. The Labute approximate surface area is 78.7 Å². The fraction of sp³-hybridized carbons (Fsp3) is 1.00. The van der Waals surface area contributed by atoms with Gasteiger partial charge in [-0.25, -0.2) is 0 Å². The highest BCUT2D eigenvalue weighted by molar-refractivity contribution is 5.01. The lowest BCUT2D eigenvalue weighted by Crippen LogP contribution is -2.60. The van der Waals surface area contributed by atoms with Crippen molar-refractivity contribution >= 4 is 0 Å². The second-order valence-electron chi connectivity index (χ2n) is 4.69. The largest absolute Gasteiger partial charge is 0.393 e. The van der Waals surface area contributed by atoms with Crippen LogP contribution in [0.15, 0.2) is 0 Å². The molecule has 2 aliphatic heterocycles.